The summed E-state index contributed by atoms with van der Waals surface area (Å²) in [5, 5.41) is 15.3. The van der Waals surface area contributed by atoms with E-state index in [0.29, 0.717) is 47.8 Å². The van der Waals surface area contributed by atoms with E-state index in [2.05, 4.69) is 45.4 Å². The maximum absolute atomic E-state index is 13.5. The van der Waals surface area contributed by atoms with Gasteiger partial charge in [0.2, 0.25) is 0 Å². The number of rotatable bonds is 13. The molecule has 3 rings (SSSR count). The van der Waals surface area contributed by atoms with Crippen LogP contribution in [0, 0.1) is 5.82 Å². The van der Waals surface area contributed by atoms with Crippen LogP contribution in [-0.2, 0) is 0 Å². The molecule has 2 heterocycles. The molecule has 0 saturated heterocycles. The molecule has 1 aliphatic rings. The van der Waals surface area contributed by atoms with Gasteiger partial charge in [-0.05, 0) is 54.3 Å². The van der Waals surface area contributed by atoms with Crippen molar-refractivity contribution in [3.8, 4) is 0 Å². The molecule has 0 unspecified atom stereocenters. The van der Waals surface area contributed by atoms with E-state index in [9.17, 15) is 4.39 Å². The molecule has 0 atom stereocenters. The number of nitrogens with zero attached hydrogens (tertiary/aromatic N) is 4. The van der Waals surface area contributed by atoms with E-state index in [0.717, 1.165) is 33.5 Å². The van der Waals surface area contributed by atoms with Gasteiger partial charge in [-0.1, -0.05) is 42.7 Å². The van der Waals surface area contributed by atoms with Gasteiger partial charge in [-0.2, -0.15) is 0 Å². The molecular formula is C26H32ClFN6OS. The highest BCUT2D eigenvalue weighted by molar-refractivity contribution is 7.22. The van der Waals surface area contributed by atoms with Crippen molar-refractivity contribution in [1.82, 2.24) is 20.3 Å². The molecule has 1 aromatic heterocycles. The van der Waals surface area contributed by atoms with Gasteiger partial charge in [0.1, 0.15) is 11.6 Å². The number of aliphatic hydroxyl groups excluding tert-OH is 1. The number of anilines is 1. The number of aromatic nitrogens is 1. The summed E-state index contributed by atoms with van der Waals surface area (Å²) < 4.78 is 14.3. The molecule has 36 heavy (non-hydrogen) atoms. The van der Waals surface area contributed by atoms with E-state index in [1.165, 1.54) is 23.5 Å². The fraction of sp³-hybridized carbons (Fsp3) is 0.308. The van der Waals surface area contributed by atoms with Crippen molar-refractivity contribution >= 4 is 44.0 Å². The number of β-amino-alcohol motifs (C(OH)–C–C–N with tert-alkyl or cyclic N) is 1. The van der Waals surface area contributed by atoms with Crippen molar-refractivity contribution in [3.63, 3.8) is 0 Å². The van der Waals surface area contributed by atoms with Crippen molar-refractivity contribution in [2.75, 3.05) is 45.2 Å². The zero-order valence-electron chi connectivity index (χ0n) is 20.7. The average Bonchev–Trinajstić information content (AvgIpc) is 3.46. The maximum Gasteiger partial charge on any atom is 0.189 e. The largest absolute Gasteiger partial charge is 0.394 e. The molecule has 0 spiro atoms. The van der Waals surface area contributed by atoms with Gasteiger partial charge < -0.3 is 20.3 Å². The van der Waals surface area contributed by atoms with Gasteiger partial charge in [-0.15, -0.1) is 0 Å². The van der Waals surface area contributed by atoms with Crippen LogP contribution in [0.1, 0.15) is 13.3 Å². The lowest BCUT2D eigenvalue weighted by Crippen LogP contribution is -2.31. The lowest BCUT2D eigenvalue weighted by atomic mass is 10.0. The minimum atomic E-state index is -0.282. The fourth-order valence-electron chi connectivity index (χ4n) is 3.69. The molecule has 10 heteroatoms. The van der Waals surface area contributed by atoms with Gasteiger partial charge >= 0.3 is 0 Å². The van der Waals surface area contributed by atoms with E-state index in [4.69, 9.17) is 16.7 Å². The topological polar surface area (TPSA) is 76.0 Å². The summed E-state index contributed by atoms with van der Waals surface area (Å²) >= 11 is 7.99. The Morgan fingerprint density at radius 2 is 2.19 bits per heavy atom. The molecule has 3 N–H and O–H groups in total. The summed E-state index contributed by atoms with van der Waals surface area (Å²) in [5.41, 5.74) is 7.08. The van der Waals surface area contributed by atoms with Crippen LogP contribution in [0.4, 0.5) is 9.52 Å². The summed E-state index contributed by atoms with van der Waals surface area (Å²) in [5.74, 6) is 0.415. The Balaban J connectivity index is 1.58. The quantitative estimate of drug-likeness (QED) is 0.249. The molecule has 1 aromatic carbocycles. The normalized spacial score (nSPS) is 14.2. The lowest BCUT2D eigenvalue weighted by molar-refractivity contribution is 0.210. The molecule has 2 aromatic rings. The predicted molar refractivity (Wildman–Crippen MR) is 150 cm³/mol. The monoisotopic (exact) mass is 530 g/mol. The van der Waals surface area contributed by atoms with Gasteiger partial charge in [0.25, 0.3) is 0 Å². The van der Waals surface area contributed by atoms with E-state index in [1.807, 2.05) is 18.1 Å². The Morgan fingerprint density at radius 3 is 2.89 bits per heavy atom. The number of thiazole rings is 1. The molecule has 0 radical (unpaired) electrons. The summed E-state index contributed by atoms with van der Waals surface area (Å²) in [6.07, 6.45) is 4.33. The fourth-order valence-corrected chi connectivity index (χ4v) is 4.95. The zero-order chi connectivity index (χ0) is 26.2. The van der Waals surface area contributed by atoms with Crippen LogP contribution in [0.3, 0.4) is 0 Å². The second kappa shape index (κ2) is 12.8. The Kier molecular flexibility index (Phi) is 9.83. The van der Waals surface area contributed by atoms with Crippen LogP contribution in [0.15, 0.2) is 82.8 Å². The van der Waals surface area contributed by atoms with Gasteiger partial charge in [0.15, 0.2) is 5.13 Å². The Morgan fingerprint density at radius 1 is 1.42 bits per heavy atom. The number of benzene rings is 1. The first-order valence-electron chi connectivity index (χ1n) is 11.6. The molecule has 0 bridgehead atoms. The molecule has 0 fully saturated rings. The van der Waals surface area contributed by atoms with E-state index < -0.39 is 0 Å². The average molecular weight is 531 g/mol. The first-order valence-corrected chi connectivity index (χ1v) is 12.8. The molecule has 7 nitrogen and oxygen atoms in total. The first-order chi connectivity index (χ1) is 17.2. The van der Waals surface area contributed by atoms with Crippen LogP contribution >= 0.6 is 22.9 Å². The highest BCUT2D eigenvalue weighted by atomic mass is 35.5. The van der Waals surface area contributed by atoms with Crippen LogP contribution in [0.25, 0.3) is 10.2 Å². The number of aliphatic hydroxyl groups is 1. The van der Waals surface area contributed by atoms with Crippen LogP contribution in [0.5, 0.6) is 0 Å². The Bertz CT molecular complexity index is 1230. The van der Waals surface area contributed by atoms with E-state index in [-0.39, 0.29) is 12.4 Å². The molecule has 0 aliphatic carbocycles. The Hall–Kier alpha value is -2.98. The zero-order valence-corrected chi connectivity index (χ0v) is 22.2. The highest BCUT2D eigenvalue weighted by Gasteiger charge is 2.16. The van der Waals surface area contributed by atoms with Crippen molar-refractivity contribution in [2.24, 2.45) is 4.99 Å². The van der Waals surface area contributed by atoms with Crippen LogP contribution in [-0.4, -0.2) is 65.5 Å². The number of fused-ring (bicyclic) bond motifs is 1. The van der Waals surface area contributed by atoms with Crippen molar-refractivity contribution in [3.05, 3.63) is 83.6 Å². The third kappa shape index (κ3) is 7.04. The van der Waals surface area contributed by atoms with Crippen molar-refractivity contribution < 1.29 is 9.50 Å². The maximum atomic E-state index is 13.5. The first kappa shape index (κ1) is 27.6. The summed E-state index contributed by atoms with van der Waals surface area (Å²) in [4.78, 5) is 10.9. The third-order valence-corrected chi connectivity index (χ3v) is 6.89. The summed E-state index contributed by atoms with van der Waals surface area (Å²) in [6, 6.07) is 4.55. The number of hydrazine groups is 1. The van der Waals surface area contributed by atoms with Crippen LogP contribution < -0.4 is 10.7 Å². The number of aliphatic imine (C=N–C) groups is 1. The smallest absolute Gasteiger partial charge is 0.189 e. The number of nitrogens with one attached hydrogen (secondary N) is 2. The van der Waals surface area contributed by atoms with Gasteiger partial charge in [0, 0.05) is 32.9 Å². The molecule has 1 aliphatic heterocycles. The standard InChI is InChI=1S/C26H32ClFN6OS/c1-6-33(19(4)31-26-32-23-8-7-21(28)14-24(23)36-26)10-9-17(2)25(29-5)22(27)13-18(3)20-15-30-34(16-20)11-12-35/h7-8,13-14,16,30,35H,2-4,6,9-12,15H2,1,5H3,(H,31,32)/b22-13+,29-25-. The summed E-state index contributed by atoms with van der Waals surface area (Å²) in [7, 11) is 1.69. The van der Waals surface area contributed by atoms with E-state index >= 15 is 0 Å². The second-order valence-corrected chi connectivity index (χ2v) is 9.57. The second-order valence-electron chi connectivity index (χ2n) is 8.13. The SMILES string of the molecule is C=C(/C=C(Cl)\C(=N/C)C(=C)CCN(CC)C(=C)Nc1nc2ccc(F)cc2s1)C1=CN(CCO)NC1. The number of halogens is 2. The number of hydrogen-bond acceptors (Lipinski definition) is 8. The third-order valence-electron chi connectivity index (χ3n) is 5.67. The molecule has 0 saturated carbocycles. The van der Waals surface area contributed by atoms with Crippen molar-refractivity contribution in [1.29, 1.82) is 0 Å². The van der Waals surface area contributed by atoms with Crippen molar-refractivity contribution in [2.45, 2.75) is 13.3 Å². The minimum absolute atomic E-state index is 0.0591. The minimum Gasteiger partial charge on any atom is -0.394 e. The number of hydrogen-bond donors (Lipinski definition) is 3. The van der Waals surface area contributed by atoms with Gasteiger partial charge in [0.05, 0.1) is 34.1 Å². The predicted octanol–water partition coefficient (Wildman–Crippen LogP) is 5.03. The molecule has 0 amide bonds. The number of allylic oxidation sites excluding steroid dienone is 2. The highest BCUT2D eigenvalue weighted by Crippen LogP contribution is 2.28. The van der Waals surface area contributed by atoms with Crippen LogP contribution in [0.2, 0.25) is 0 Å². The van der Waals surface area contributed by atoms with Gasteiger partial charge in [-0.25, -0.2) is 14.8 Å². The molecule has 192 valence electrons. The Labute approximate surface area is 220 Å². The van der Waals surface area contributed by atoms with Gasteiger partial charge in [-0.3, -0.25) is 4.99 Å². The van der Waals surface area contributed by atoms with E-state index in [1.54, 1.807) is 19.2 Å². The lowest BCUT2D eigenvalue weighted by Gasteiger charge is -2.25. The summed E-state index contributed by atoms with van der Waals surface area (Å²) in [6.45, 7) is 17.1. The molecular weight excluding hydrogens is 499 g/mol.